The summed E-state index contributed by atoms with van der Waals surface area (Å²) in [5, 5.41) is 0. The van der Waals surface area contributed by atoms with Crippen molar-refractivity contribution in [3.63, 3.8) is 0 Å². The van der Waals surface area contributed by atoms with E-state index in [1.165, 1.54) is 19.1 Å². The Hall–Kier alpha value is -3.82. The van der Waals surface area contributed by atoms with Crippen LogP contribution in [0.3, 0.4) is 0 Å². The van der Waals surface area contributed by atoms with Crippen molar-refractivity contribution >= 4 is 5.97 Å². The lowest BCUT2D eigenvalue weighted by molar-refractivity contribution is -0.228. The number of ether oxygens (including phenoxy) is 2. The second-order valence-corrected chi connectivity index (χ2v) is 8.21. The van der Waals surface area contributed by atoms with E-state index in [1.54, 1.807) is 6.08 Å². The van der Waals surface area contributed by atoms with E-state index in [9.17, 15) is 22.4 Å². The quantitative estimate of drug-likeness (QED) is 0.138. The molecule has 0 unspecified atom stereocenters. The number of carbonyl (C=O) groups excluding carboxylic acids is 1. The Balaban J connectivity index is 1.76. The smallest absolute Gasteiger partial charge is 0.343 e. The molecule has 3 aromatic rings. The van der Waals surface area contributed by atoms with Crippen LogP contribution < -0.4 is 9.47 Å². The number of alkyl halides is 4. The number of esters is 1. The Kier molecular flexibility index (Phi) is 6.79. The SMILES string of the molecule is C=CCCc1ccc(C(=O)Oc2ccc3c(c2F)C(F)(F)C(F)(F)c2c-3ccc(OCC)c2F)cc1F. The average molecular weight is 524 g/mol. The highest BCUT2D eigenvalue weighted by Gasteiger charge is 2.65. The molecule has 3 aromatic carbocycles. The lowest BCUT2D eigenvalue weighted by atomic mass is 9.79. The normalized spacial score (nSPS) is 14.9. The van der Waals surface area contributed by atoms with Gasteiger partial charge in [-0.15, -0.1) is 6.58 Å². The molecule has 0 fully saturated rings. The minimum Gasteiger partial charge on any atom is -0.491 e. The van der Waals surface area contributed by atoms with Gasteiger partial charge in [0.15, 0.2) is 23.1 Å². The molecular weight excluding hydrogens is 505 g/mol. The number of fused-ring (bicyclic) bond motifs is 3. The van der Waals surface area contributed by atoms with Crippen molar-refractivity contribution in [2.45, 2.75) is 31.6 Å². The molecule has 10 heteroatoms. The molecule has 0 spiro atoms. The van der Waals surface area contributed by atoms with Crippen LogP contribution in [0.1, 0.15) is 40.4 Å². The predicted octanol–water partition coefficient (Wildman–Crippen LogP) is 7.70. The van der Waals surface area contributed by atoms with Crippen molar-refractivity contribution in [1.29, 1.82) is 0 Å². The van der Waals surface area contributed by atoms with E-state index >= 15 is 13.2 Å². The first-order chi connectivity index (χ1) is 17.4. The Labute approximate surface area is 207 Å². The second kappa shape index (κ2) is 9.57. The molecule has 1 aliphatic carbocycles. The van der Waals surface area contributed by atoms with Gasteiger partial charge in [-0.1, -0.05) is 12.1 Å². The summed E-state index contributed by atoms with van der Waals surface area (Å²) < 4.78 is 114. The van der Waals surface area contributed by atoms with Crippen LogP contribution in [0.2, 0.25) is 0 Å². The fraction of sp³-hybridized carbons (Fsp3) is 0.222. The Morgan fingerprint density at radius 1 is 0.892 bits per heavy atom. The van der Waals surface area contributed by atoms with Gasteiger partial charge in [0.25, 0.3) is 0 Å². The number of halogens is 7. The first-order valence-electron chi connectivity index (χ1n) is 11.1. The van der Waals surface area contributed by atoms with Crippen LogP contribution in [0.25, 0.3) is 11.1 Å². The standard InChI is InChI=1S/C27H19F7O3/c1-3-5-6-14-7-8-15(13-18(14)28)25(35)37-20-12-10-17-16-9-11-19(36-4-2)23(29)21(16)26(31,32)27(33,34)22(17)24(20)30/h3,7-13H,1,4-6H2,2H3. The van der Waals surface area contributed by atoms with Gasteiger partial charge in [0.05, 0.1) is 23.3 Å². The van der Waals surface area contributed by atoms with Crippen molar-refractivity contribution in [3.8, 4) is 22.6 Å². The summed E-state index contributed by atoms with van der Waals surface area (Å²) in [7, 11) is 0. The van der Waals surface area contributed by atoms with E-state index in [4.69, 9.17) is 9.47 Å². The van der Waals surface area contributed by atoms with Crippen LogP contribution in [-0.4, -0.2) is 12.6 Å². The highest BCUT2D eigenvalue weighted by Crippen LogP contribution is 2.60. The van der Waals surface area contributed by atoms with Crippen LogP contribution in [0, 0.1) is 17.5 Å². The van der Waals surface area contributed by atoms with Gasteiger partial charge < -0.3 is 9.47 Å². The molecule has 0 heterocycles. The van der Waals surface area contributed by atoms with Gasteiger partial charge in [0, 0.05) is 0 Å². The summed E-state index contributed by atoms with van der Waals surface area (Å²) in [4.78, 5) is 12.5. The largest absolute Gasteiger partial charge is 0.491 e. The zero-order valence-corrected chi connectivity index (χ0v) is 19.3. The lowest BCUT2D eigenvalue weighted by Crippen LogP contribution is -2.41. The Morgan fingerprint density at radius 3 is 2.00 bits per heavy atom. The van der Waals surface area contributed by atoms with Gasteiger partial charge in [-0.2, -0.15) is 17.6 Å². The van der Waals surface area contributed by atoms with Crippen LogP contribution in [0.5, 0.6) is 11.5 Å². The summed E-state index contributed by atoms with van der Waals surface area (Å²) >= 11 is 0. The summed E-state index contributed by atoms with van der Waals surface area (Å²) in [6.07, 6.45) is 2.35. The van der Waals surface area contributed by atoms with Crippen LogP contribution in [-0.2, 0) is 18.3 Å². The molecule has 194 valence electrons. The second-order valence-electron chi connectivity index (χ2n) is 8.21. The van der Waals surface area contributed by atoms with Gasteiger partial charge in [-0.05, 0) is 72.9 Å². The minimum atomic E-state index is -5.22. The summed E-state index contributed by atoms with van der Waals surface area (Å²) in [6.45, 7) is 4.86. The first-order valence-corrected chi connectivity index (χ1v) is 11.1. The van der Waals surface area contributed by atoms with Crippen LogP contribution in [0.4, 0.5) is 30.7 Å². The van der Waals surface area contributed by atoms with E-state index in [0.29, 0.717) is 12.8 Å². The minimum absolute atomic E-state index is 0.112. The highest BCUT2D eigenvalue weighted by molar-refractivity contribution is 5.91. The summed E-state index contributed by atoms with van der Waals surface area (Å²) in [5.41, 5.74) is -4.85. The number of hydrogen-bond donors (Lipinski definition) is 0. The van der Waals surface area contributed by atoms with E-state index < -0.39 is 69.0 Å². The fourth-order valence-corrected chi connectivity index (χ4v) is 4.13. The first kappa shape index (κ1) is 26.2. The van der Waals surface area contributed by atoms with Gasteiger partial charge in [-0.25, -0.2) is 18.0 Å². The maximum atomic E-state index is 15.3. The Morgan fingerprint density at radius 2 is 1.46 bits per heavy atom. The molecule has 0 saturated carbocycles. The highest BCUT2D eigenvalue weighted by atomic mass is 19.3. The van der Waals surface area contributed by atoms with E-state index in [2.05, 4.69) is 6.58 Å². The number of aryl methyl sites for hydroxylation is 1. The molecule has 0 saturated heterocycles. The van der Waals surface area contributed by atoms with Crippen molar-refractivity contribution in [1.82, 2.24) is 0 Å². The molecule has 0 amide bonds. The number of allylic oxidation sites excluding steroid dienone is 1. The molecule has 0 atom stereocenters. The summed E-state index contributed by atoms with van der Waals surface area (Å²) in [6, 6.07) is 6.82. The lowest BCUT2D eigenvalue weighted by Gasteiger charge is -2.35. The zero-order valence-electron chi connectivity index (χ0n) is 19.3. The molecule has 0 radical (unpaired) electrons. The van der Waals surface area contributed by atoms with Crippen molar-refractivity contribution in [2.75, 3.05) is 6.61 Å². The fourth-order valence-electron chi connectivity index (χ4n) is 4.13. The van der Waals surface area contributed by atoms with E-state index in [1.807, 2.05) is 0 Å². The molecule has 0 bridgehead atoms. The van der Waals surface area contributed by atoms with Gasteiger partial charge in [-0.3, -0.25) is 0 Å². The van der Waals surface area contributed by atoms with Crippen molar-refractivity contribution in [3.05, 3.63) is 94.8 Å². The molecule has 37 heavy (non-hydrogen) atoms. The third kappa shape index (κ3) is 4.24. The molecule has 0 aliphatic heterocycles. The number of carbonyl (C=O) groups is 1. The number of hydrogen-bond acceptors (Lipinski definition) is 3. The summed E-state index contributed by atoms with van der Waals surface area (Å²) in [5.74, 6) is -17.8. The Bertz CT molecular complexity index is 1400. The topological polar surface area (TPSA) is 35.5 Å². The van der Waals surface area contributed by atoms with Crippen LogP contribution in [0.15, 0.2) is 55.1 Å². The maximum absolute atomic E-state index is 15.3. The van der Waals surface area contributed by atoms with Crippen LogP contribution >= 0.6 is 0 Å². The molecular formula is C27H19F7O3. The van der Waals surface area contributed by atoms with Gasteiger partial charge >= 0.3 is 17.8 Å². The molecule has 4 rings (SSSR count). The maximum Gasteiger partial charge on any atom is 0.343 e. The molecule has 0 aromatic heterocycles. The van der Waals surface area contributed by atoms with Gasteiger partial charge in [0.1, 0.15) is 5.82 Å². The number of rotatable bonds is 7. The molecule has 0 N–H and O–H groups in total. The average Bonchev–Trinajstić information content (AvgIpc) is 2.84. The third-order valence-electron chi connectivity index (χ3n) is 5.93. The number of benzene rings is 3. The predicted molar refractivity (Wildman–Crippen MR) is 121 cm³/mol. The third-order valence-corrected chi connectivity index (χ3v) is 5.93. The van der Waals surface area contributed by atoms with E-state index in [-0.39, 0.29) is 17.7 Å². The van der Waals surface area contributed by atoms with Crippen molar-refractivity contribution < 1.29 is 45.0 Å². The van der Waals surface area contributed by atoms with Gasteiger partial charge in [0.2, 0.25) is 0 Å². The zero-order chi connectivity index (χ0) is 27.1. The monoisotopic (exact) mass is 524 g/mol. The van der Waals surface area contributed by atoms with Crippen molar-refractivity contribution in [2.24, 2.45) is 0 Å². The van der Waals surface area contributed by atoms with E-state index in [0.717, 1.165) is 30.3 Å². The molecule has 3 nitrogen and oxygen atoms in total. The molecule has 1 aliphatic rings.